The van der Waals surface area contributed by atoms with E-state index in [4.69, 9.17) is 9.05 Å². The molecule has 0 saturated carbocycles. The summed E-state index contributed by atoms with van der Waals surface area (Å²) < 4.78 is 10.6. The van der Waals surface area contributed by atoms with Crippen LogP contribution in [0.5, 0.6) is 0 Å². The van der Waals surface area contributed by atoms with Crippen molar-refractivity contribution in [1.29, 1.82) is 0 Å². The first-order chi connectivity index (χ1) is 11.1. The number of carbonyl (C=O) groups is 1. The molecular formula is C17H23N3O3. The number of carbonyl (C=O) groups excluding carboxylic acids is 1. The van der Waals surface area contributed by atoms with E-state index in [-0.39, 0.29) is 17.9 Å². The summed E-state index contributed by atoms with van der Waals surface area (Å²) in [6.45, 7) is 6.90. The predicted molar refractivity (Wildman–Crippen MR) is 84.1 cm³/mol. The fourth-order valence-corrected chi connectivity index (χ4v) is 2.98. The molecule has 1 amide bonds. The molecule has 0 radical (unpaired) electrons. The van der Waals surface area contributed by atoms with E-state index in [9.17, 15) is 4.79 Å². The summed E-state index contributed by atoms with van der Waals surface area (Å²) in [5.74, 6) is 1.81. The van der Waals surface area contributed by atoms with E-state index in [2.05, 4.69) is 31.1 Å². The van der Waals surface area contributed by atoms with Crippen LogP contribution in [0.1, 0.15) is 79.7 Å². The number of rotatable bonds is 5. The van der Waals surface area contributed by atoms with Crippen molar-refractivity contribution in [2.24, 2.45) is 0 Å². The Balaban J connectivity index is 1.78. The minimum atomic E-state index is -0.0901. The van der Waals surface area contributed by atoms with E-state index in [1.165, 1.54) is 0 Å². The third-order valence-electron chi connectivity index (χ3n) is 4.25. The average Bonchev–Trinajstić information content (AvgIpc) is 3.26. The molecular weight excluding hydrogens is 294 g/mol. The van der Waals surface area contributed by atoms with Gasteiger partial charge in [0.05, 0.1) is 6.04 Å². The molecule has 0 aromatic carbocycles. The molecule has 1 atom stereocenters. The highest BCUT2D eigenvalue weighted by Gasteiger charge is 2.34. The lowest BCUT2D eigenvalue weighted by atomic mass is 10.1. The Morgan fingerprint density at radius 2 is 2.17 bits per heavy atom. The molecule has 1 unspecified atom stereocenters. The molecule has 1 saturated heterocycles. The smallest absolute Gasteiger partial charge is 0.276 e. The van der Waals surface area contributed by atoms with Crippen molar-refractivity contribution in [3.05, 3.63) is 35.0 Å². The molecule has 1 aliphatic rings. The maximum absolute atomic E-state index is 12.7. The van der Waals surface area contributed by atoms with E-state index < -0.39 is 0 Å². The summed E-state index contributed by atoms with van der Waals surface area (Å²) in [5.41, 5.74) is 1.21. The molecule has 0 bridgehead atoms. The molecule has 2 aromatic heterocycles. The fourth-order valence-electron chi connectivity index (χ4n) is 2.98. The molecule has 6 heteroatoms. The minimum absolute atomic E-state index is 0.0370. The third-order valence-corrected chi connectivity index (χ3v) is 4.25. The van der Waals surface area contributed by atoms with E-state index in [1.54, 1.807) is 6.07 Å². The summed E-state index contributed by atoms with van der Waals surface area (Å²) in [6, 6.07) is 3.68. The summed E-state index contributed by atoms with van der Waals surface area (Å²) in [5, 5.41) is 8.10. The normalized spacial score (nSPS) is 18.1. The van der Waals surface area contributed by atoms with Crippen LogP contribution in [0.4, 0.5) is 0 Å². The molecule has 124 valence electrons. The van der Waals surface area contributed by atoms with Gasteiger partial charge in [-0.2, -0.15) is 0 Å². The highest BCUT2D eigenvalue weighted by Crippen LogP contribution is 2.33. The number of aryl methyl sites for hydroxylation is 1. The van der Waals surface area contributed by atoms with Gasteiger partial charge in [-0.15, -0.1) is 0 Å². The molecule has 3 rings (SSSR count). The molecule has 3 heterocycles. The van der Waals surface area contributed by atoms with E-state index in [0.29, 0.717) is 12.2 Å². The third kappa shape index (κ3) is 3.16. The summed E-state index contributed by atoms with van der Waals surface area (Å²) in [7, 11) is 0. The van der Waals surface area contributed by atoms with Gasteiger partial charge in [0.2, 0.25) is 0 Å². The standard InChI is InChI=1S/C17H23N3O3/c1-4-6-12-9-14(19-22-12)17(21)20-8-5-7-15(20)13-10-16(11(2)3)23-18-13/h9-11,15H,4-8H2,1-3H3. The highest BCUT2D eigenvalue weighted by molar-refractivity contribution is 5.92. The van der Waals surface area contributed by atoms with Crippen LogP contribution in [0.15, 0.2) is 21.2 Å². The predicted octanol–water partition coefficient (Wildman–Crippen LogP) is 3.72. The topological polar surface area (TPSA) is 72.4 Å². The van der Waals surface area contributed by atoms with Crippen LogP contribution in [0, 0.1) is 0 Å². The van der Waals surface area contributed by atoms with Crippen LogP contribution in [-0.2, 0) is 6.42 Å². The van der Waals surface area contributed by atoms with Crippen LogP contribution in [-0.4, -0.2) is 27.7 Å². The summed E-state index contributed by atoms with van der Waals surface area (Å²) in [4.78, 5) is 14.6. The molecule has 23 heavy (non-hydrogen) atoms. The van der Waals surface area contributed by atoms with Gasteiger partial charge in [0, 0.05) is 31.0 Å². The van der Waals surface area contributed by atoms with Gasteiger partial charge in [-0.1, -0.05) is 31.1 Å². The zero-order valence-electron chi connectivity index (χ0n) is 13.9. The Kier molecular flexibility index (Phi) is 4.50. The number of hydrogen-bond acceptors (Lipinski definition) is 5. The largest absolute Gasteiger partial charge is 0.361 e. The average molecular weight is 317 g/mol. The first kappa shape index (κ1) is 15.8. The Labute approximate surface area is 135 Å². The van der Waals surface area contributed by atoms with Crippen LogP contribution < -0.4 is 0 Å². The van der Waals surface area contributed by atoms with Crippen molar-refractivity contribution in [3.63, 3.8) is 0 Å². The lowest BCUT2D eigenvalue weighted by Crippen LogP contribution is -2.30. The van der Waals surface area contributed by atoms with Gasteiger partial charge in [0.15, 0.2) is 5.69 Å². The zero-order chi connectivity index (χ0) is 16.4. The molecule has 0 spiro atoms. The van der Waals surface area contributed by atoms with Crippen molar-refractivity contribution in [2.45, 2.75) is 58.4 Å². The number of likely N-dealkylation sites (tertiary alicyclic amines) is 1. The van der Waals surface area contributed by atoms with E-state index in [0.717, 1.165) is 42.9 Å². The van der Waals surface area contributed by atoms with Crippen molar-refractivity contribution >= 4 is 5.91 Å². The number of amides is 1. The second-order valence-electron chi connectivity index (χ2n) is 6.39. The lowest BCUT2D eigenvalue weighted by molar-refractivity contribution is 0.0720. The molecule has 6 nitrogen and oxygen atoms in total. The van der Waals surface area contributed by atoms with Crippen molar-refractivity contribution in [2.75, 3.05) is 6.54 Å². The first-order valence-corrected chi connectivity index (χ1v) is 8.33. The van der Waals surface area contributed by atoms with Gasteiger partial charge in [0.1, 0.15) is 17.2 Å². The Hall–Kier alpha value is -2.11. The minimum Gasteiger partial charge on any atom is -0.361 e. The molecule has 1 aliphatic heterocycles. The SMILES string of the molecule is CCCc1cc(C(=O)N2CCCC2c2cc(C(C)C)on2)no1. The van der Waals surface area contributed by atoms with Crippen LogP contribution in [0.2, 0.25) is 0 Å². The highest BCUT2D eigenvalue weighted by atomic mass is 16.5. The molecule has 1 fully saturated rings. The summed E-state index contributed by atoms with van der Waals surface area (Å²) in [6.07, 6.45) is 3.62. The van der Waals surface area contributed by atoms with Gasteiger partial charge >= 0.3 is 0 Å². The van der Waals surface area contributed by atoms with Crippen molar-refractivity contribution < 1.29 is 13.8 Å². The van der Waals surface area contributed by atoms with Gasteiger partial charge in [-0.05, 0) is 19.3 Å². The first-order valence-electron chi connectivity index (χ1n) is 8.33. The number of nitrogens with zero attached hydrogens (tertiary/aromatic N) is 3. The molecule has 2 aromatic rings. The molecule has 0 N–H and O–H groups in total. The Bertz CT molecular complexity index is 674. The number of hydrogen-bond donors (Lipinski definition) is 0. The Morgan fingerprint density at radius 1 is 1.35 bits per heavy atom. The lowest BCUT2D eigenvalue weighted by Gasteiger charge is -2.21. The fraction of sp³-hybridized carbons (Fsp3) is 0.588. The van der Waals surface area contributed by atoms with Crippen LogP contribution >= 0.6 is 0 Å². The second kappa shape index (κ2) is 6.56. The zero-order valence-corrected chi connectivity index (χ0v) is 13.9. The van der Waals surface area contributed by atoms with E-state index >= 15 is 0 Å². The summed E-state index contributed by atoms with van der Waals surface area (Å²) >= 11 is 0. The van der Waals surface area contributed by atoms with Gasteiger partial charge in [0.25, 0.3) is 5.91 Å². The maximum atomic E-state index is 12.7. The number of aromatic nitrogens is 2. The monoisotopic (exact) mass is 317 g/mol. The Morgan fingerprint density at radius 3 is 2.87 bits per heavy atom. The maximum Gasteiger partial charge on any atom is 0.276 e. The quantitative estimate of drug-likeness (QED) is 0.840. The van der Waals surface area contributed by atoms with Gasteiger partial charge < -0.3 is 13.9 Å². The second-order valence-corrected chi connectivity index (χ2v) is 6.39. The van der Waals surface area contributed by atoms with Gasteiger partial charge in [-0.3, -0.25) is 4.79 Å². The van der Waals surface area contributed by atoms with Crippen molar-refractivity contribution in [1.82, 2.24) is 15.2 Å². The van der Waals surface area contributed by atoms with Crippen molar-refractivity contribution in [3.8, 4) is 0 Å². The van der Waals surface area contributed by atoms with Crippen LogP contribution in [0.25, 0.3) is 0 Å². The molecule has 0 aliphatic carbocycles. The van der Waals surface area contributed by atoms with Crippen LogP contribution in [0.3, 0.4) is 0 Å². The van der Waals surface area contributed by atoms with Gasteiger partial charge in [-0.25, -0.2) is 0 Å². The van der Waals surface area contributed by atoms with E-state index in [1.807, 2.05) is 11.0 Å².